The van der Waals surface area contributed by atoms with Crippen LogP contribution in [0.1, 0.15) is 32.1 Å². The smallest absolute Gasteiger partial charge is 0.191 e. The first-order chi connectivity index (χ1) is 9.77. The minimum Gasteiger partial charge on any atom is -0.370 e. The van der Waals surface area contributed by atoms with Crippen LogP contribution < -0.4 is 5.73 Å². The molecule has 2 aliphatic heterocycles. The predicted molar refractivity (Wildman–Crippen MR) is 97.4 cm³/mol. The summed E-state index contributed by atoms with van der Waals surface area (Å²) in [6.45, 7) is 3.29. The number of rotatable bonds is 2. The second kappa shape index (κ2) is 8.21. The number of aliphatic imine (C=N–C) groups is 1. The Morgan fingerprint density at radius 3 is 2.67 bits per heavy atom. The highest BCUT2D eigenvalue weighted by atomic mass is 127. The average molecular weight is 427 g/mol. The molecule has 1 atom stereocenters. The van der Waals surface area contributed by atoms with Crippen LogP contribution in [-0.2, 0) is 9.47 Å². The summed E-state index contributed by atoms with van der Waals surface area (Å²) in [5, 5.41) is 0. The van der Waals surface area contributed by atoms with Gasteiger partial charge in [0.05, 0.1) is 13.2 Å². The van der Waals surface area contributed by atoms with Gasteiger partial charge in [-0.3, -0.25) is 4.99 Å². The van der Waals surface area contributed by atoms with Gasteiger partial charge in [-0.2, -0.15) is 11.8 Å². The van der Waals surface area contributed by atoms with Gasteiger partial charge in [-0.25, -0.2) is 0 Å². The number of hydrogen-bond donors (Lipinski definition) is 1. The summed E-state index contributed by atoms with van der Waals surface area (Å²) in [5.74, 6) is 2.65. The number of ether oxygens (including phenoxy) is 2. The monoisotopic (exact) mass is 427 g/mol. The molecule has 2 heterocycles. The standard InChI is InChI=1S/C14H25N3O2S.HI/c15-13(17-6-8-20-9-7-17)16-10-12-11-18-14(19-12)4-2-1-3-5-14;/h12H,1-11H2,(H2,15,16);1H. The van der Waals surface area contributed by atoms with E-state index < -0.39 is 0 Å². The van der Waals surface area contributed by atoms with Crippen molar-refractivity contribution in [1.82, 2.24) is 4.90 Å². The summed E-state index contributed by atoms with van der Waals surface area (Å²) in [7, 11) is 0. The Kier molecular flexibility index (Phi) is 6.89. The Morgan fingerprint density at radius 1 is 1.24 bits per heavy atom. The highest BCUT2D eigenvalue weighted by molar-refractivity contribution is 14.0. The molecule has 1 unspecified atom stereocenters. The van der Waals surface area contributed by atoms with Crippen LogP contribution in [0.15, 0.2) is 4.99 Å². The van der Waals surface area contributed by atoms with Gasteiger partial charge >= 0.3 is 0 Å². The topological polar surface area (TPSA) is 60.1 Å². The van der Waals surface area contributed by atoms with E-state index in [1.54, 1.807) is 0 Å². The lowest BCUT2D eigenvalue weighted by Gasteiger charge is -2.31. The van der Waals surface area contributed by atoms with Gasteiger partial charge < -0.3 is 20.1 Å². The Labute approximate surface area is 148 Å². The molecule has 0 bridgehead atoms. The van der Waals surface area contributed by atoms with Crippen LogP contribution in [0, 0.1) is 0 Å². The zero-order valence-corrected chi connectivity index (χ0v) is 15.6. The highest BCUT2D eigenvalue weighted by Gasteiger charge is 2.42. The SMILES string of the molecule is I.NC(=NCC1COC2(CCCCC2)O1)N1CCSCC1. The normalized spacial score (nSPS) is 29.4. The lowest BCUT2D eigenvalue weighted by molar-refractivity contribution is -0.186. The molecule has 3 aliphatic rings. The molecule has 0 amide bonds. The largest absolute Gasteiger partial charge is 0.370 e. The minimum absolute atomic E-state index is 0. The van der Waals surface area contributed by atoms with Crippen molar-refractivity contribution >= 4 is 41.7 Å². The third-order valence-corrected chi connectivity index (χ3v) is 5.26. The fraction of sp³-hybridized carbons (Fsp3) is 0.929. The first kappa shape index (κ1) is 17.6. The van der Waals surface area contributed by atoms with Crippen molar-refractivity contribution < 1.29 is 9.47 Å². The molecular weight excluding hydrogens is 401 g/mol. The molecule has 1 spiro atoms. The molecule has 0 aromatic carbocycles. The first-order valence-electron chi connectivity index (χ1n) is 7.72. The quantitative estimate of drug-likeness (QED) is 0.415. The first-order valence-corrected chi connectivity index (χ1v) is 8.87. The summed E-state index contributed by atoms with van der Waals surface area (Å²) in [6, 6.07) is 0. The Hall–Kier alpha value is 0.270. The fourth-order valence-electron chi connectivity index (χ4n) is 3.15. The van der Waals surface area contributed by atoms with Crippen molar-refractivity contribution in [3.05, 3.63) is 0 Å². The van der Waals surface area contributed by atoms with E-state index in [0.29, 0.717) is 19.1 Å². The molecule has 2 N–H and O–H groups in total. The second-order valence-electron chi connectivity index (χ2n) is 5.82. The molecule has 21 heavy (non-hydrogen) atoms. The lowest BCUT2D eigenvalue weighted by Crippen LogP contribution is -2.43. The molecule has 3 rings (SSSR count). The van der Waals surface area contributed by atoms with E-state index in [4.69, 9.17) is 15.2 Å². The molecule has 1 saturated carbocycles. The van der Waals surface area contributed by atoms with E-state index in [-0.39, 0.29) is 35.9 Å². The molecule has 5 nitrogen and oxygen atoms in total. The summed E-state index contributed by atoms with van der Waals surface area (Å²) < 4.78 is 12.0. The van der Waals surface area contributed by atoms with Crippen LogP contribution in [0.2, 0.25) is 0 Å². The van der Waals surface area contributed by atoms with Gasteiger partial charge in [0.15, 0.2) is 11.7 Å². The van der Waals surface area contributed by atoms with Gasteiger partial charge in [0.25, 0.3) is 0 Å². The minimum atomic E-state index is -0.297. The van der Waals surface area contributed by atoms with E-state index in [9.17, 15) is 0 Å². The van der Waals surface area contributed by atoms with Crippen molar-refractivity contribution in [3.8, 4) is 0 Å². The zero-order chi connectivity index (χ0) is 13.8. The van der Waals surface area contributed by atoms with E-state index in [2.05, 4.69) is 9.89 Å². The van der Waals surface area contributed by atoms with Gasteiger partial charge in [-0.15, -0.1) is 24.0 Å². The Bertz CT molecular complexity index is 358. The molecule has 0 aromatic rings. The number of hydrogen-bond acceptors (Lipinski definition) is 4. The van der Waals surface area contributed by atoms with Gasteiger partial charge in [-0.1, -0.05) is 6.42 Å². The van der Waals surface area contributed by atoms with Crippen LogP contribution in [-0.4, -0.2) is 60.5 Å². The third kappa shape index (κ3) is 4.62. The van der Waals surface area contributed by atoms with Crippen LogP contribution >= 0.6 is 35.7 Å². The molecule has 122 valence electrons. The molecule has 3 fully saturated rings. The summed E-state index contributed by atoms with van der Waals surface area (Å²) >= 11 is 1.98. The summed E-state index contributed by atoms with van der Waals surface area (Å²) in [5.41, 5.74) is 6.07. The second-order valence-corrected chi connectivity index (χ2v) is 7.05. The third-order valence-electron chi connectivity index (χ3n) is 4.32. The molecule has 2 saturated heterocycles. The van der Waals surface area contributed by atoms with Crippen molar-refractivity contribution in [2.24, 2.45) is 10.7 Å². The van der Waals surface area contributed by atoms with E-state index in [1.807, 2.05) is 11.8 Å². The lowest BCUT2D eigenvalue weighted by atomic mass is 9.94. The van der Waals surface area contributed by atoms with Crippen LogP contribution in [0.3, 0.4) is 0 Å². The summed E-state index contributed by atoms with van der Waals surface area (Å²) in [6.07, 6.45) is 5.87. The number of guanidine groups is 1. The molecule has 7 heteroatoms. The summed E-state index contributed by atoms with van der Waals surface area (Å²) in [4.78, 5) is 6.68. The van der Waals surface area contributed by atoms with Crippen LogP contribution in [0.25, 0.3) is 0 Å². The van der Waals surface area contributed by atoms with Gasteiger partial charge in [0.2, 0.25) is 0 Å². The number of nitrogens with two attached hydrogens (primary N) is 1. The van der Waals surface area contributed by atoms with E-state index in [0.717, 1.165) is 37.4 Å². The maximum absolute atomic E-state index is 6.12. The fourth-order valence-corrected chi connectivity index (χ4v) is 4.05. The van der Waals surface area contributed by atoms with Crippen molar-refractivity contribution in [3.63, 3.8) is 0 Å². The van der Waals surface area contributed by atoms with Crippen molar-refractivity contribution in [2.45, 2.75) is 44.0 Å². The van der Waals surface area contributed by atoms with E-state index >= 15 is 0 Å². The Balaban J connectivity index is 0.00000161. The van der Waals surface area contributed by atoms with Gasteiger partial charge in [0.1, 0.15) is 6.10 Å². The van der Waals surface area contributed by atoms with Crippen LogP contribution in [0.4, 0.5) is 0 Å². The van der Waals surface area contributed by atoms with Crippen LogP contribution in [0.5, 0.6) is 0 Å². The van der Waals surface area contributed by atoms with Crippen molar-refractivity contribution in [2.75, 3.05) is 37.7 Å². The Morgan fingerprint density at radius 2 is 1.95 bits per heavy atom. The molecule has 1 aliphatic carbocycles. The van der Waals surface area contributed by atoms with Gasteiger partial charge in [0, 0.05) is 37.4 Å². The maximum Gasteiger partial charge on any atom is 0.191 e. The molecular formula is C14H26IN3O2S. The highest BCUT2D eigenvalue weighted by Crippen LogP contribution is 2.37. The maximum atomic E-state index is 6.12. The number of halogens is 1. The zero-order valence-electron chi connectivity index (χ0n) is 12.5. The predicted octanol–water partition coefficient (Wildman–Crippen LogP) is 2.04. The number of nitrogens with zero attached hydrogens (tertiary/aromatic N) is 2. The molecule has 0 radical (unpaired) electrons. The number of thioether (sulfide) groups is 1. The van der Waals surface area contributed by atoms with Crippen molar-refractivity contribution in [1.29, 1.82) is 0 Å². The van der Waals surface area contributed by atoms with E-state index in [1.165, 1.54) is 19.3 Å². The average Bonchev–Trinajstić information content (AvgIpc) is 2.89. The molecule has 0 aromatic heterocycles. The van der Waals surface area contributed by atoms with Gasteiger partial charge in [-0.05, 0) is 12.8 Å².